The number of hydrogen-bond donors (Lipinski definition) is 0. The summed E-state index contributed by atoms with van der Waals surface area (Å²) in [6.45, 7) is 6.00. The molecule has 1 rings (SSSR count). The third-order valence-electron chi connectivity index (χ3n) is 5.89. The number of esters is 1. The van der Waals surface area contributed by atoms with Gasteiger partial charge >= 0.3 is 5.97 Å². The van der Waals surface area contributed by atoms with Gasteiger partial charge in [0, 0.05) is 19.3 Å². The van der Waals surface area contributed by atoms with E-state index in [1.807, 2.05) is 13.8 Å². The number of carbonyl (C=O) groups is 2. The molecule has 1 fully saturated rings. The van der Waals surface area contributed by atoms with E-state index in [1.54, 1.807) is 0 Å². The summed E-state index contributed by atoms with van der Waals surface area (Å²) in [5, 5.41) is 0. The van der Waals surface area contributed by atoms with Gasteiger partial charge in [-0.3, -0.25) is 9.59 Å². The van der Waals surface area contributed by atoms with E-state index in [4.69, 9.17) is 4.74 Å². The third-order valence-corrected chi connectivity index (χ3v) is 5.89. The number of Topliss-reactive ketones (excluding diaryl/α,β-unsaturated/α-hetero) is 1. The highest BCUT2D eigenvalue weighted by Gasteiger charge is 2.26. The lowest BCUT2D eigenvalue weighted by atomic mass is 9.88. The highest BCUT2D eigenvalue weighted by atomic mass is 16.5. The van der Waals surface area contributed by atoms with Crippen LogP contribution in [0, 0.1) is 11.8 Å². The number of ether oxygens (including phenoxy) is 1. The molecule has 1 aliphatic carbocycles. The quantitative estimate of drug-likeness (QED) is 0.159. The maximum Gasteiger partial charge on any atom is 0.306 e. The smallest absolute Gasteiger partial charge is 0.306 e. The summed E-state index contributed by atoms with van der Waals surface area (Å²) < 4.78 is 5.15. The van der Waals surface area contributed by atoms with Crippen molar-refractivity contribution in [3.8, 4) is 0 Å². The molecule has 28 heavy (non-hydrogen) atoms. The maximum absolute atomic E-state index is 12.1. The van der Waals surface area contributed by atoms with Gasteiger partial charge in [-0.2, -0.15) is 0 Å². The lowest BCUT2D eigenvalue weighted by molar-refractivity contribution is -0.147. The fourth-order valence-corrected chi connectivity index (χ4v) is 4.28. The molecule has 0 amide bonds. The van der Waals surface area contributed by atoms with Crippen LogP contribution in [0.1, 0.15) is 117 Å². The van der Waals surface area contributed by atoms with Gasteiger partial charge < -0.3 is 4.74 Å². The standard InChI is InChI=1S/C25H44O3/c1-4-5-6-7-11-17-24(26)20-19-23-16-13-15-22(23)14-10-8-9-12-18-25(27)28-21(2)3/h8,10,21-23H,4-7,9,11-20H2,1-3H3/b10-8-/t22-,23+/m0/s1. The van der Waals surface area contributed by atoms with E-state index in [-0.39, 0.29) is 12.1 Å². The number of hydrogen-bond acceptors (Lipinski definition) is 3. The fourth-order valence-electron chi connectivity index (χ4n) is 4.28. The van der Waals surface area contributed by atoms with Crippen LogP contribution in [0.3, 0.4) is 0 Å². The first-order valence-corrected chi connectivity index (χ1v) is 11.9. The van der Waals surface area contributed by atoms with Crippen molar-refractivity contribution in [1.82, 2.24) is 0 Å². The molecule has 0 aromatic rings. The molecule has 0 spiro atoms. The molecule has 0 aromatic carbocycles. The Bertz CT molecular complexity index is 453. The molecule has 2 atom stereocenters. The Balaban J connectivity index is 2.12. The third kappa shape index (κ3) is 12.4. The molecule has 3 heteroatoms. The Hall–Kier alpha value is -1.12. The van der Waals surface area contributed by atoms with Crippen LogP contribution in [0.2, 0.25) is 0 Å². The van der Waals surface area contributed by atoms with Crippen LogP contribution in [0.25, 0.3) is 0 Å². The van der Waals surface area contributed by atoms with Crippen LogP contribution in [-0.4, -0.2) is 17.9 Å². The van der Waals surface area contributed by atoms with Crippen molar-refractivity contribution in [1.29, 1.82) is 0 Å². The van der Waals surface area contributed by atoms with Crippen LogP contribution in [-0.2, 0) is 14.3 Å². The van der Waals surface area contributed by atoms with Crippen LogP contribution < -0.4 is 0 Å². The number of unbranched alkanes of at least 4 members (excludes halogenated alkanes) is 5. The van der Waals surface area contributed by atoms with Crippen molar-refractivity contribution in [2.24, 2.45) is 11.8 Å². The molecule has 0 saturated heterocycles. The molecule has 0 aliphatic heterocycles. The highest BCUT2D eigenvalue weighted by molar-refractivity contribution is 5.78. The average Bonchev–Trinajstić information content (AvgIpc) is 3.09. The molecule has 0 radical (unpaired) electrons. The zero-order chi connectivity index (χ0) is 20.6. The van der Waals surface area contributed by atoms with E-state index < -0.39 is 0 Å². The van der Waals surface area contributed by atoms with Crippen molar-refractivity contribution in [2.45, 2.75) is 123 Å². The Labute approximate surface area is 173 Å². The van der Waals surface area contributed by atoms with Gasteiger partial charge in [-0.25, -0.2) is 0 Å². The van der Waals surface area contributed by atoms with Crippen molar-refractivity contribution in [3.63, 3.8) is 0 Å². The summed E-state index contributed by atoms with van der Waals surface area (Å²) in [4.78, 5) is 23.6. The van der Waals surface area contributed by atoms with Gasteiger partial charge in [0.15, 0.2) is 0 Å². The van der Waals surface area contributed by atoms with Crippen LogP contribution >= 0.6 is 0 Å². The highest BCUT2D eigenvalue weighted by Crippen LogP contribution is 2.37. The zero-order valence-corrected chi connectivity index (χ0v) is 18.7. The Morgan fingerprint density at radius 2 is 1.68 bits per heavy atom. The Morgan fingerprint density at radius 1 is 0.929 bits per heavy atom. The second-order valence-electron chi connectivity index (χ2n) is 8.83. The summed E-state index contributed by atoms with van der Waals surface area (Å²) in [6.07, 6.45) is 20.7. The van der Waals surface area contributed by atoms with Crippen LogP contribution in [0.4, 0.5) is 0 Å². The van der Waals surface area contributed by atoms with E-state index in [0.717, 1.165) is 56.8 Å². The maximum atomic E-state index is 12.1. The first kappa shape index (κ1) is 24.9. The molecule has 0 unspecified atom stereocenters. The molecule has 0 bridgehead atoms. The molecular formula is C25H44O3. The van der Waals surface area contributed by atoms with Gasteiger partial charge in [0.05, 0.1) is 6.10 Å². The second-order valence-corrected chi connectivity index (χ2v) is 8.83. The summed E-state index contributed by atoms with van der Waals surface area (Å²) in [5.41, 5.74) is 0. The van der Waals surface area contributed by atoms with Gasteiger partial charge in [-0.1, -0.05) is 57.6 Å². The number of allylic oxidation sites excluding steroid dienone is 2. The first-order valence-electron chi connectivity index (χ1n) is 11.9. The zero-order valence-electron chi connectivity index (χ0n) is 18.7. The topological polar surface area (TPSA) is 43.4 Å². The number of ketones is 1. The van der Waals surface area contributed by atoms with E-state index in [0.29, 0.717) is 12.2 Å². The number of carbonyl (C=O) groups excluding carboxylic acids is 2. The summed E-state index contributed by atoms with van der Waals surface area (Å²) in [7, 11) is 0. The van der Waals surface area contributed by atoms with Crippen molar-refractivity contribution < 1.29 is 14.3 Å². The van der Waals surface area contributed by atoms with Gasteiger partial charge in [-0.05, 0) is 64.2 Å². The lowest BCUT2D eigenvalue weighted by Crippen LogP contribution is -2.10. The summed E-state index contributed by atoms with van der Waals surface area (Å²) >= 11 is 0. The van der Waals surface area contributed by atoms with Crippen LogP contribution in [0.5, 0.6) is 0 Å². The molecule has 1 saturated carbocycles. The SMILES string of the molecule is CCCCCCCC(=O)CC[C@H]1CCC[C@@H]1C/C=C\CCCC(=O)OC(C)C. The lowest BCUT2D eigenvalue weighted by Gasteiger charge is -2.17. The predicted molar refractivity (Wildman–Crippen MR) is 117 cm³/mol. The van der Waals surface area contributed by atoms with Crippen molar-refractivity contribution >= 4 is 11.8 Å². The molecule has 0 N–H and O–H groups in total. The summed E-state index contributed by atoms with van der Waals surface area (Å²) in [5.74, 6) is 1.87. The van der Waals surface area contributed by atoms with Gasteiger partial charge in [-0.15, -0.1) is 0 Å². The van der Waals surface area contributed by atoms with Gasteiger partial charge in [0.1, 0.15) is 5.78 Å². The van der Waals surface area contributed by atoms with E-state index in [1.165, 1.54) is 44.9 Å². The van der Waals surface area contributed by atoms with Gasteiger partial charge in [0.25, 0.3) is 0 Å². The fraction of sp³-hybridized carbons (Fsp3) is 0.840. The number of rotatable bonds is 16. The predicted octanol–water partition coefficient (Wildman–Crippen LogP) is 7.18. The minimum atomic E-state index is -0.0886. The molecule has 1 aliphatic rings. The monoisotopic (exact) mass is 392 g/mol. The van der Waals surface area contributed by atoms with E-state index >= 15 is 0 Å². The van der Waals surface area contributed by atoms with Crippen molar-refractivity contribution in [2.75, 3.05) is 0 Å². The van der Waals surface area contributed by atoms with Crippen LogP contribution in [0.15, 0.2) is 12.2 Å². The average molecular weight is 393 g/mol. The summed E-state index contributed by atoms with van der Waals surface area (Å²) in [6, 6.07) is 0. The molecule has 0 aromatic heterocycles. The first-order chi connectivity index (χ1) is 13.5. The molecule has 3 nitrogen and oxygen atoms in total. The molecule has 162 valence electrons. The second kappa shape index (κ2) is 15.8. The molecular weight excluding hydrogens is 348 g/mol. The minimum absolute atomic E-state index is 0.0183. The Morgan fingerprint density at radius 3 is 2.43 bits per heavy atom. The van der Waals surface area contributed by atoms with E-state index in [9.17, 15) is 9.59 Å². The Kier molecular flexibility index (Phi) is 14.0. The normalized spacial score (nSPS) is 19.6. The minimum Gasteiger partial charge on any atom is -0.463 e. The van der Waals surface area contributed by atoms with E-state index in [2.05, 4.69) is 19.1 Å². The van der Waals surface area contributed by atoms with Gasteiger partial charge in [0.2, 0.25) is 0 Å². The largest absolute Gasteiger partial charge is 0.463 e. The van der Waals surface area contributed by atoms with Crippen molar-refractivity contribution in [3.05, 3.63) is 12.2 Å². The molecule has 0 heterocycles.